The van der Waals surface area contributed by atoms with Gasteiger partial charge in [-0.05, 0) is 24.5 Å². The van der Waals surface area contributed by atoms with Crippen LogP contribution in [0.4, 0.5) is 22.4 Å². The summed E-state index contributed by atoms with van der Waals surface area (Å²) in [5.74, 6) is -3.00. The summed E-state index contributed by atoms with van der Waals surface area (Å²) in [6.45, 7) is 1.05. The number of nitrogens with zero attached hydrogens (tertiary/aromatic N) is 1. The highest BCUT2D eigenvalue weighted by Crippen LogP contribution is 2.32. The number of ether oxygens (including phenoxy) is 1. The van der Waals surface area contributed by atoms with E-state index in [2.05, 4.69) is 20.4 Å². The third-order valence-electron chi connectivity index (χ3n) is 3.44. The van der Waals surface area contributed by atoms with Gasteiger partial charge in [-0.1, -0.05) is 13.8 Å². The zero-order valence-corrected chi connectivity index (χ0v) is 14.2. The van der Waals surface area contributed by atoms with Crippen molar-refractivity contribution in [1.29, 1.82) is 0 Å². The molecule has 1 aromatic rings. The van der Waals surface area contributed by atoms with Crippen molar-refractivity contribution in [1.82, 2.24) is 15.6 Å². The van der Waals surface area contributed by atoms with Crippen LogP contribution in [0.15, 0.2) is 18.3 Å². The van der Waals surface area contributed by atoms with Crippen molar-refractivity contribution < 1.29 is 29.9 Å². The fourth-order valence-electron chi connectivity index (χ4n) is 2.43. The number of aromatic nitrogens is 1. The maximum absolute atomic E-state index is 13.3. The Labute approximate surface area is 147 Å². The quantitative estimate of drug-likeness (QED) is 0.747. The minimum atomic E-state index is -2.98. The third kappa shape index (κ3) is 8.04. The van der Waals surface area contributed by atoms with E-state index in [1.807, 2.05) is 13.8 Å². The number of nitrogens with one attached hydrogen (secondary N) is 2. The molecule has 0 bridgehead atoms. The monoisotopic (exact) mass is 369 g/mol. The Bertz CT molecular complexity index is 554. The molecule has 0 spiro atoms. The number of pyridine rings is 1. The van der Waals surface area contributed by atoms with Crippen LogP contribution in [0, 0.1) is 0 Å². The van der Waals surface area contributed by atoms with Gasteiger partial charge in [-0.15, -0.1) is 0 Å². The van der Waals surface area contributed by atoms with E-state index >= 15 is 0 Å². The van der Waals surface area contributed by atoms with Crippen molar-refractivity contribution in [2.45, 2.75) is 64.7 Å². The molecule has 0 aromatic carbocycles. The highest BCUT2D eigenvalue weighted by atomic mass is 19.3. The Morgan fingerprint density at radius 2 is 2.20 bits per heavy atom. The summed E-state index contributed by atoms with van der Waals surface area (Å²) in [7, 11) is 0. The largest absolute Gasteiger partial charge is 0.417 e. The van der Waals surface area contributed by atoms with E-state index in [1.165, 1.54) is 18.3 Å². The molecule has 5 nitrogen and oxygen atoms in total. The SMILES string of the molecule is CC.O=C(NCc1ccnc(OC(F)F)c1)N[C@@H]1CCCC(F)(F)C1.[HH].[HH]. The van der Waals surface area contributed by atoms with Crippen LogP contribution in [0.2, 0.25) is 0 Å². The van der Waals surface area contributed by atoms with Crippen LogP contribution in [0.5, 0.6) is 5.88 Å². The van der Waals surface area contributed by atoms with Gasteiger partial charge in [-0.25, -0.2) is 18.6 Å². The molecule has 1 aromatic heterocycles. The first-order valence-electron chi connectivity index (χ1n) is 8.16. The van der Waals surface area contributed by atoms with Gasteiger partial charge in [0.1, 0.15) is 0 Å². The lowest BCUT2D eigenvalue weighted by Crippen LogP contribution is -2.46. The summed E-state index contributed by atoms with van der Waals surface area (Å²) in [5.41, 5.74) is 0.500. The van der Waals surface area contributed by atoms with Crippen LogP contribution in [-0.4, -0.2) is 29.6 Å². The summed E-state index contributed by atoms with van der Waals surface area (Å²) in [5, 5.41) is 4.98. The number of rotatable bonds is 5. The summed E-state index contributed by atoms with van der Waals surface area (Å²) >= 11 is 0. The summed E-state index contributed by atoms with van der Waals surface area (Å²) < 4.78 is 54.8. The van der Waals surface area contributed by atoms with Crippen molar-refractivity contribution in [2.75, 3.05) is 0 Å². The van der Waals surface area contributed by atoms with E-state index in [4.69, 9.17) is 0 Å². The molecule has 0 radical (unpaired) electrons. The van der Waals surface area contributed by atoms with Gasteiger partial charge in [0.15, 0.2) is 0 Å². The molecule has 2 rings (SSSR count). The predicted molar refractivity (Wildman–Crippen MR) is 89.0 cm³/mol. The van der Waals surface area contributed by atoms with Crippen molar-refractivity contribution in [3.05, 3.63) is 23.9 Å². The van der Waals surface area contributed by atoms with Crippen LogP contribution in [0.1, 0.15) is 47.9 Å². The maximum atomic E-state index is 13.3. The Morgan fingerprint density at radius 1 is 1.48 bits per heavy atom. The molecule has 146 valence electrons. The Kier molecular flexibility index (Phi) is 8.44. The number of hydrogen-bond acceptors (Lipinski definition) is 3. The number of alkyl halides is 4. The molecule has 9 heteroatoms. The van der Waals surface area contributed by atoms with Crippen LogP contribution in [0.25, 0.3) is 0 Å². The molecule has 0 saturated heterocycles. The van der Waals surface area contributed by atoms with Crippen molar-refractivity contribution in [3.8, 4) is 5.88 Å². The number of carbonyl (C=O) groups is 1. The standard InChI is InChI=1S/C14H17F4N3O2.C2H6.2H2/c15-12(16)23-11-6-9(3-5-19-11)8-20-13(22)21-10-2-1-4-14(17,18)7-10;1-2;;/h3,5-6,10,12H,1-2,4,7-8H2,(H2,20,21,22);1-2H3;2*1H/t10-;;;/m1.../s1. The fraction of sp³-hybridized carbons (Fsp3) is 0.625. The fourth-order valence-corrected chi connectivity index (χ4v) is 2.43. The molecular weight excluding hydrogens is 342 g/mol. The zero-order chi connectivity index (χ0) is 18.9. The van der Waals surface area contributed by atoms with Gasteiger partial charge in [-0.2, -0.15) is 8.78 Å². The van der Waals surface area contributed by atoms with Gasteiger partial charge >= 0.3 is 12.6 Å². The minimum absolute atomic E-state index is 0. The molecule has 1 heterocycles. The van der Waals surface area contributed by atoms with Crippen molar-refractivity contribution in [3.63, 3.8) is 0 Å². The number of halogens is 4. The van der Waals surface area contributed by atoms with Gasteiger partial charge in [-0.3, -0.25) is 0 Å². The van der Waals surface area contributed by atoms with E-state index in [0.29, 0.717) is 18.4 Å². The maximum Gasteiger partial charge on any atom is 0.388 e. The molecule has 1 aliphatic rings. The molecule has 1 saturated carbocycles. The van der Waals surface area contributed by atoms with Gasteiger partial charge in [0.2, 0.25) is 11.8 Å². The normalized spacial score (nSPS) is 18.8. The van der Waals surface area contributed by atoms with Crippen molar-refractivity contribution in [2.24, 2.45) is 0 Å². The molecule has 1 atom stereocenters. The lowest BCUT2D eigenvalue weighted by molar-refractivity contribution is -0.0529. The van der Waals surface area contributed by atoms with Gasteiger partial charge < -0.3 is 15.4 Å². The average molecular weight is 369 g/mol. The molecule has 1 fully saturated rings. The van der Waals surface area contributed by atoms with Crippen molar-refractivity contribution >= 4 is 6.03 Å². The molecule has 0 aliphatic heterocycles. The second kappa shape index (κ2) is 10.0. The minimum Gasteiger partial charge on any atom is -0.417 e. The zero-order valence-electron chi connectivity index (χ0n) is 14.2. The number of urea groups is 1. The van der Waals surface area contributed by atoms with Crippen LogP contribution in [0.3, 0.4) is 0 Å². The smallest absolute Gasteiger partial charge is 0.388 e. The number of hydrogen-bond donors (Lipinski definition) is 2. The van der Waals surface area contributed by atoms with E-state index in [9.17, 15) is 22.4 Å². The Morgan fingerprint density at radius 3 is 2.84 bits per heavy atom. The second-order valence-electron chi connectivity index (χ2n) is 5.36. The first-order valence-corrected chi connectivity index (χ1v) is 8.16. The van der Waals surface area contributed by atoms with Crippen LogP contribution in [-0.2, 0) is 6.54 Å². The van der Waals surface area contributed by atoms with E-state index in [0.717, 1.165) is 0 Å². The molecule has 2 N–H and O–H groups in total. The Hall–Kier alpha value is -2.06. The van der Waals surface area contributed by atoms with Gasteiger partial charge in [0.25, 0.3) is 0 Å². The highest BCUT2D eigenvalue weighted by molar-refractivity contribution is 5.74. The van der Waals surface area contributed by atoms with Gasteiger partial charge in [0, 0.05) is 40.5 Å². The average Bonchev–Trinajstić information content (AvgIpc) is 2.54. The second-order valence-corrected chi connectivity index (χ2v) is 5.36. The predicted octanol–water partition coefficient (Wildman–Crippen LogP) is 4.58. The lowest BCUT2D eigenvalue weighted by Gasteiger charge is -2.29. The molecule has 2 amide bonds. The van der Waals surface area contributed by atoms with Crippen LogP contribution < -0.4 is 15.4 Å². The number of carbonyl (C=O) groups excluding carboxylic acids is 1. The third-order valence-corrected chi connectivity index (χ3v) is 3.44. The summed E-state index contributed by atoms with van der Waals surface area (Å²) in [6.07, 6.45) is 1.61. The lowest BCUT2D eigenvalue weighted by atomic mass is 9.92. The molecule has 0 unspecified atom stereocenters. The topological polar surface area (TPSA) is 63.2 Å². The van der Waals surface area contributed by atoms with E-state index in [1.54, 1.807) is 0 Å². The number of amides is 2. The van der Waals surface area contributed by atoms with Crippen LogP contribution >= 0.6 is 0 Å². The van der Waals surface area contributed by atoms with E-state index < -0.39 is 24.6 Å². The first-order chi connectivity index (χ1) is 11.8. The molecule has 1 aliphatic carbocycles. The van der Waals surface area contributed by atoms with Gasteiger partial charge in [0.05, 0.1) is 0 Å². The molecular formula is C16H27F4N3O2. The summed E-state index contributed by atoms with van der Waals surface area (Å²) in [4.78, 5) is 15.3. The Balaban J connectivity index is 0. The van der Waals surface area contributed by atoms with E-state index in [-0.39, 0.29) is 28.1 Å². The molecule has 25 heavy (non-hydrogen) atoms. The first kappa shape index (κ1) is 21.0. The summed E-state index contributed by atoms with van der Waals surface area (Å²) in [6, 6.07) is 1.63. The highest BCUT2D eigenvalue weighted by Gasteiger charge is 2.36.